The molecule has 0 radical (unpaired) electrons. The van der Waals surface area contributed by atoms with Crippen molar-refractivity contribution in [1.82, 2.24) is 4.90 Å². The van der Waals surface area contributed by atoms with E-state index in [4.69, 9.17) is 10.5 Å². The minimum Gasteiger partial charge on any atom is -0.378 e. The van der Waals surface area contributed by atoms with Crippen molar-refractivity contribution >= 4 is 18.3 Å². The summed E-state index contributed by atoms with van der Waals surface area (Å²) in [6.45, 7) is 6.82. The van der Waals surface area contributed by atoms with Crippen molar-refractivity contribution in [2.24, 2.45) is 11.1 Å². The van der Waals surface area contributed by atoms with Crippen LogP contribution in [0.25, 0.3) is 0 Å². The molecule has 1 amide bonds. The van der Waals surface area contributed by atoms with Crippen LogP contribution in [0.5, 0.6) is 0 Å². The molecule has 0 aromatic rings. The average molecular weight is 265 g/mol. The van der Waals surface area contributed by atoms with Crippen LogP contribution in [0.15, 0.2) is 0 Å². The quantitative estimate of drug-likeness (QED) is 0.836. The van der Waals surface area contributed by atoms with Gasteiger partial charge in [-0.3, -0.25) is 4.79 Å². The zero-order valence-corrected chi connectivity index (χ0v) is 12.3. The zero-order valence-electron chi connectivity index (χ0n) is 11.4. The Balaban J connectivity index is 0.00000256. The van der Waals surface area contributed by atoms with Crippen molar-refractivity contribution < 1.29 is 9.53 Å². The van der Waals surface area contributed by atoms with Crippen LogP contribution >= 0.6 is 12.4 Å². The molecule has 1 saturated carbocycles. The van der Waals surface area contributed by atoms with E-state index in [2.05, 4.69) is 20.8 Å². The number of carbonyl (C=O) groups is 1. The minimum atomic E-state index is -0.130. The second kappa shape index (κ2) is 5.55. The van der Waals surface area contributed by atoms with Crippen LogP contribution in [-0.4, -0.2) is 43.2 Å². The van der Waals surface area contributed by atoms with Crippen molar-refractivity contribution in [3.8, 4) is 0 Å². The molecule has 0 spiro atoms. The highest BCUT2D eigenvalue weighted by Gasteiger charge is 2.59. The minimum absolute atomic E-state index is 0. The third-order valence-electron chi connectivity index (χ3n) is 4.45. The lowest BCUT2D eigenvalue weighted by molar-refractivity contribution is -0.207. The number of nitrogens with two attached hydrogens (primary N) is 1. The lowest BCUT2D eigenvalue weighted by atomic mass is 9.55. The number of carbonyl (C=O) groups excluding carboxylic acids is 1. The molecule has 1 rings (SSSR count). The lowest BCUT2D eigenvalue weighted by Crippen LogP contribution is -2.68. The van der Waals surface area contributed by atoms with Gasteiger partial charge in [-0.1, -0.05) is 13.8 Å². The molecule has 2 atom stereocenters. The van der Waals surface area contributed by atoms with Crippen LogP contribution in [-0.2, 0) is 9.53 Å². The van der Waals surface area contributed by atoms with Gasteiger partial charge in [-0.15, -0.1) is 12.4 Å². The predicted molar refractivity (Wildman–Crippen MR) is 71.3 cm³/mol. The summed E-state index contributed by atoms with van der Waals surface area (Å²) in [5, 5.41) is 0. The first-order chi connectivity index (χ1) is 7.30. The van der Waals surface area contributed by atoms with Gasteiger partial charge in [0.1, 0.15) is 0 Å². The fraction of sp³-hybridized carbons (Fsp3) is 0.917. The maximum atomic E-state index is 11.8. The largest absolute Gasteiger partial charge is 0.378 e. The number of methoxy groups -OCH3 is 1. The van der Waals surface area contributed by atoms with Crippen molar-refractivity contribution in [2.75, 3.05) is 20.7 Å². The first kappa shape index (κ1) is 16.7. The zero-order chi connectivity index (χ0) is 12.6. The molecule has 1 fully saturated rings. The summed E-state index contributed by atoms with van der Waals surface area (Å²) in [6, 6.07) is 0.247. The number of amides is 1. The third-order valence-corrected chi connectivity index (χ3v) is 4.45. The number of hydrogen-bond acceptors (Lipinski definition) is 3. The number of ether oxygens (including phenoxy) is 1. The van der Waals surface area contributed by atoms with Crippen LogP contribution in [0.4, 0.5) is 0 Å². The second-order valence-corrected chi connectivity index (χ2v) is 5.42. The van der Waals surface area contributed by atoms with Crippen LogP contribution < -0.4 is 5.73 Å². The van der Waals surface area contributed by atoms with E-state index in [1.54, 1.807) is 7.11 Å². The Morgan fingerprint density at radius 2 is 2.00 bits per heavy atom. The van der Waals surface area contributed by atoms with Gasteiger partial charge in [0.15, 0.2) is 0 Å². The number of rotatable bonds is 4. The van der Waals surface area contributed by atoms with E-state index in [9.17, 15) is 4.79 Å². The Morgan fingerprint density at radius 1 is 1.47 bits per heavy atom. The van der Waals surface area contributed by atoms with E-state index >= 15 is 0 Å². The molecule has 1 aliphatic rings. The SMILES string of the molecule is COC1(C)CC(N(C)C(=O)CCN)C1(C)C.Cl. The summed E-state index contributed by atoms with van der Waals surface area (Å²) in [5.41, 5.74) is 5.26. The monoisotopic (exact) mass is 264 g/mol. The highest BCUT2D eigenvalue weighted by molar-refractivity contribution is 5.85. The van der Waals surface area contributed by atoms with E-state index < -0.39 is 0 Å². The first-order valence-corrected chi connectivity index (χ1v) is 5.81. The van der Waals surface area contributed by atoms with E-state index in [1.807, 2.05) is 11.9 Å². The van der Waals surface area contributed by atoms with Gasteiger partial charge in [-0.25, -0.2) is 0 Å². The molecule has 102 valence electrons. The summed E-state index contributed by atoms with van der Waals surface area (Å²) >= 11 is 0. The molecule has 0 saturated heterocycles. The van der Waals surface area contributed by atoms with E-state index in [0.717, 1.165) is 6.42 Å². The van der Waals surface area contributed by atoms with Gasteiger partial charge in [-0.2, -0.15) is 0 Å². The number of nitrogens with zero attached hydrogens (tertiary/aromatic N) is 1. The van der Waals surface area contributed by atoms with Crippen molar-refractivity contribution in [2.45, 2.75) is 45.3 Å². The highest BCUT2D eigenvalue weighted by Crippen LogP contribution is 2.53. The fourth-order valence-corrected chi connectivity index (χ4v) is 2.55. The average Bonchev–Trinajstić information content (AvgIpc) is 2.24. The molecule has 0 aliphatic heterocycles. The molecule has 17 heavy (non-hydrogen) atoms. The molecular formula is C12H25ClN2O2. The van der Waals surface area contributed by atoms with Gasteiger partial charge in [-0.05, 0) is 13.3 Å². The molecule has 4 nitrogen and oxygen atoms in total. The maximum absolute atomic E-state index is 11.8. The first-order valence-electron chi connectivity index (χ1n) is 5.81. The number of halogens is 1. The molecule has 0 aromatic carbocycles. The second-order valence-electron chi connectivity index (χ2n) is 5.42. The summed E-state index contributed by atoms with van der Waals surface area (Å²) in [5.74, 6) is 0.124. The normalized spacial score (nSPS) is 30.1. The molecular weight excluding hydrogens is 240 g/mol. The van der Waals surface area contributed by atoms with E-state index in [0.29, 0.717) is 13.0 Å². The molecule has 2 unspecified atom stereocenters. The molecule has 0 aromatic heterocycles. The van der Waals surface area contributed by atoms with Crippen molar-refractivity contribution in [3.05, 3.63) is 0 Å². The van der Waals surface area contributed by atoms with E-state index in [-0.39, 0.29) is 35.4 Å². The molecule has 0 heterocycles. The van der Waals surface area contributed by atoms with Gasteiger partial charge in [0, 0.05) is 38.6 Å². The predicted octanol–water partition coefficient (Wildman–Crippen LogP) is 1.42. The Morgan fingerprint density at radius 3 is 2.35 bits per heavy atom. The summed E-state index contributed by atoms with van der Waals surface area (Å²) in [6.07, 6.45) is 1.32. The number of hydrogen-bond donors (Lipinski definition) is 1. The molecule has 0 bridgehead atoms. The lowest BCUT2D eigenvalue weighted by Gasteiger charge is -2.61. The Bertz CT molecular complexity index is 284. The Labute approximate surface area is 110 Å². The Kier molecular flexibility index (Phi) is 5.44. The molecule has 5 heteroatoms. The maximum Gasteiger partial charge on any atom is 0.223 e. The summed E-state index contributed by atoms with van der Waals surface area (Å²) in [4.78, 5) is 13.6. The summed E-state index contributed by atoms with van der Waals surface area (Å²) in [7, 11) is 3.60. The Hall–Kier alpha value is -0.320. The van der Waals surface area contributed by atoms with Gasteiger partial charge >= 0.3 is 0 Å². The van der Waals surface area contributed by atoms with Gasteiger partial charge in [0.05, 0.1) is 5.60 Å². The van der Waals surface area contributed by atoms with Crippen molar-refractivity contribution in [3.63, 3.8) is 0 Å². The van der Waals surface area contributed by atoms with Crippen LogP contribution in [0.3, 0.4) is 0 Å². The van der Waals surface area contributed by atoms with Gasteiger partial charge < -0.3 is 15.4 Å². The smallest absolute Gasteiger partial charge is 0.223 e. The van der Waals surface area contributed by atoms with Crippen molar-refractivity contribution in [1.29, 1.82) is 0 Å². The molecule has 1 aliphatic carbocycles. The van der Waals surface area contributed by atoms with Crippen LogP contribution in [0, 0.1) is 5.41 Å². The third kappa shape index (κ3) is 2.59. The topological polar surface area (TPSA) is 55.6 Å². The van der Waals surface area contributed by atoms with Gasteiger partial charge in [0.2, 0.25) is 5.91 Å². The summed E-state index contributed by atoms with van der Waals surface area (Å²) < 4.78 is 5.55. The van der Waals surface area contributed by atoms with Crippen LogP contribution in [0.1, 0.15) is 33.6 Å². The van der Waals surface area contributed by atoms with E-state index in [1.165, 1.54) is 0 Å². The highest BCUT2D eigenvalue weighted by atomic mass is 35.5. The van der Waals surface area contributed by atoms with Gasteiger partial charge in [0.25, 0.3) is 0 Å². The standard InChI is InChI=1S/C12H24N2O2.ClH/c1-11(2)9(8-12(11,3)16-5)14(4)10(15)6-7-13;/h9H,6-8,13H2,1-5H3;1H. The molecule has 2 N–H and O–H groups in total. The van der Waals surface area contributed by atoms with Crippen LogP contribution in [0.2, 0.25) is 0 Å². The fourth-order valence-electron chi connectivity index (χ4n) is 2.55.